The number of rotatable bonds is 4. The second-order valence-corrected chi connectivity index (χ2v) is 5.77. The molecule has 1 atom stereocenters. The molecule has 4 nitrogen and oxygen atoms in total. The molecule has 0 aromatic carbocycles. The molecular weight excluding hydrogens is 260 g/mol. The van der Waals surface area contributed by atoms with Gasteiger partial charge in [0.15, 0.2) is 5.76 Å². The lowest BCUT2D eigenvalue weighted by atomic mass is 10.0. The molecule has 1 amide bonds. The Morgan fingerprint density at radius 2 is 2.16 bits per heavy atom. The van der Waals surface area contributed by atoms with E-state index in [4.69, 9.17) is 4.42 Å². The molecule has 19 heavy (non-hydrogen) atoms. The van der Waals surface area contributed by atoms with Crippen LogP contribution in [0.3, 0.4) is 0 Å². The van der Waals surface area contributed by atoms with Crippen molar-refractivity contribution in [1.82, 2.24) is 10.3 Å². The van der Waals surface area contributed by atoms with Gasteiger partial charge in [0.25, 0.3) is 5.91 Å². The van der Waals surface area contributed by atoms with E-state index in [1.165, 1.54) is 0 Å². The van der Waals surface area contributed by atoms with Crippen LogP contribution in [0, 0.1) is 6.92 Å². The molecule has 2 rings (SSSR count). The largest absolute Gasteiger partial charge is 0.459 e. The van der Waals surface area contributed by atoms with E-state index in [1.54, 1.807) is 17.6 Å². The van der Waals surface area contributed by atoms with Gasteiger partial charge in [0.1, 0.15) is 5.01 Å². The number of amides is 1. The molecule has 102 valence electrons. The van der Waals surface area contributed by atoms with Crippen molar-refractivity contribution in [3.63, 3.8) is 0 Å². The van der Waals surface area contributed by atoms with Gasteiger partial charge in [-0.2, -0.15) is 0 Å². The summed E-state index contributed by atoms with van der Waals surface area (Å²) < 4.78 is 5.30. The Morgan fingerprint density at radius 1 is 1.42 bits per heavy atom. The molecule has 0 radical (unpaired) electrons. The highest BCUT2D eigenvalue weighted by molar-refractivity contribution is 7.09. The van der Waals surface area contributed by atoms with Crippen LogP contribution in [0.1, 0.15) is 59.6 Å². The fourth-order valence-corrected chi connectivity index (χ4v) is 2.66. The first-order valence-corrected chi connectivity index (χ1v) is 7.17. The fraction of sp³-hybridized carbons (Fsp3) is 0.429. The average molecular weight is 278 g/mol. The number of furan rings is 1. The van der Waals surface area contributed by atoms with Crippen LogP contribution in [0.5, 0.6) is 0 Å². The normalized spacial score (nSPS) is 12.7. The molecule has 1 unspecified atom stereocenters. The first-order chi connectivity index (χ1) is 8.99. The van der Waals surface area contributed by atoms with Crippen molar-refractivity contribution in [2.75, 3.05) is 0 Å². The number of aromatic nitrogens is 1. The highest BCUT2D eigenvalue weighted by Crippen LogP contribution is 2.22. The lowest BCUT2D eigenvalue weighted by Gasteiger charge is -2.11. The third-order valence-electron chi connectivity index (χ3n) is 2.88. The average Bonchev–Trinajstić information content (AvgIpc) is 2.96. The quantitative estimate of drug-likeness (QED) is 0.928. The van der Waals surface area contributed by atoms with E-state index in [2.05, 4.69) is 10.3 Å². The van der Waals surface area contributed by atoms with E-state index < -0.39 is 0 Å². The van der Waals surface area contributed by atoms with Gasteiger partial charge in [-0.25, -0.2) is 4.98 Å². The van der Waals surface area contributed by atoms with Crippen LogP contribution in [-0.2, 0) is 0 Å². The van der Waals surface area contributed by atoms with Crippen LogP contribution < -0.4 is 5.32 Å². The Bertz CT molecular complexity index is 572. The molecule has 0 fully saturated rings. The minimum Gasteiger partial charge on any atom is -0.459 e. The predicted octanol–water partition coefficient (Wildman–Crippen LogP) is 3.66. The topological polar surface area (TPSA) is 55.1 Å². The molecule has 0 saturated carbocycles. The third kappa shape index (κ3) is 3.04. The molecule has 1 N–H and O–H groups in total. The Kier molecular flexibility index (Phi) is 4.04. The maximum absolute atomic E-state index is 12.2. The zero-order chi connectivity index (χ0) is 14.0. The third-order valence-corrected chi connectivity index (χ3v) is 4.02. The van der Waals surface area contributed by atoms with Crippen molar-refractivity contribution in [2.45, 2.75) is 39.7 Å². The summed E-state index contributed by atoms with van der Waals surface area (Å²) in [4.78, 5) is 16.6. The molecule has 0 saturated heterocycles. The number of aryl methyl sites for hydroxylation is 1. The van der Waals surface area contributed by atoms with Crippen molar-refractivity contribution in [3.05, 3.63) is 39.7 Å². The van der Waals surface area contributed by atoms with Crippen LogP contribution in [-0.4, -0.2) is 10.9 Å². The minimum absolute atomic E-state index is 0.115. The van der Waals surface area contributed by atoms with Gasteiger partial charge in [-0.3, -0.25) is 4.79 Å². The van der Waals surface area contributed by atoms with Gasteiger partial charge in [-0.1, -0.05) is 13.8 Å². The molecule has 0 spiro atoms. The number of nitrogens with one attached hydrogen (secondary N) is 1. The molecule has 2 heterocycles. The zero-order valence-electron chi connectivity index (χ0n) is 11.6. The monoisotopic (exact) mass is 278 g/mol. The van der Waals surface area contributed by atoms with Crippen LogP contribution in [0.15, 0.2) is 22.1 Å². The summed E-state index contributed by atoms with van der Waals surface area (Å²) in [6.45, 7) is 7.94. The lowest BCUT2D eigenvalue weighted by molar-refractivity contribution is 0.0910. The van der Waals surface area contributed by atoms with Crippen LogP contribution >= 0.6 is 11.3 Å². The van der Waals surface area contributed by atoms with E-state index in [1.807, 2.05) is 39.1 Å². The molecule has 0 aliphatic carbocycles. The summed E-state index contributed by atoms with van der Waals surface area (Å²) in [7, 11) is 0. The van der Waals surface area contributed by atoms with Crippen molar-refractivity contribution >= 4 is 17.2 Å². The number of hydrogen-bond acceptors (Lipinski definition) is 4. The van der Waals surface area contributed by atoms with E-state index >= 15 is 0 Å². The van der Waals surface area contributed by atoms with Crippen molar-refractivity contribution < 1.29 is 9.21 Å². The van der Waals surface area contributed by atoms with Gasteiger partial charge in [0.05, 0.1) is 12.3 Å². The predicted molar refractivity (Wildman–Crippen MR) is 75.5 cm³/mol. The molecule has 2 aromatic rings. The van der Waals surface area contributed by atoms with Gasteiger partial charge < -0.3 is 9.73 Å². The van der Waals surface area contributed by atoms with Crippen molar-refractivity contribution in [3.8, 4) is 0 Å². The van der Waals surface area contributed by atoms with Crippen molar-refractivity contribution in [2.24, 2.45) is 0 Å². The number of carbonyl (C=O) groups excluding carboxylic acids is 1. The SMILES string of the molecule is Cc1csc(C(C)NC(=O)c2occc2C(C)C)n1. The number of nitrogens with zero attached hydrogens (tertiary/aromatic N) is 1. The highest BCUT2D eigenvalue weighted by Gasteiger charge is 2.20. The Hall–Kier alpha value is -1.62. The molecule has 2 aromatic heterocycles. The van der Waals surface area contributed by atoms with E-state index in [9.17, 15) is 4.79 Å². The summed E-state index contributed by atoms with van der Waals surface area (Å²) in [5, 5.41) is 5.81. The maximum atomic E-state index is 12.2. The first-order valence-electron chi connectivity index (χ1n) is 6.29. The van der Waals surface area contributed by atoms with Gasteiger partial charge >= 0.3 is 0 Å². The number of carbonyl (C=O) groups is 1. The molecule has 5 heteroatoms. The second kappa shape index (κ2) is 5.57. The molecular formula is C14H18N2O2S. The summed E-state index contributed by atoms with van der Waals surface area (Å²) in [5.74, 6) is 0.473. The standard InChI is InChI=1S/C14H18N2O2S/c1-8(2)11-5-6-18-12(11)13(17)16-10(4)14-15-9(3)7-19-14/h5-8,10H,1-4H3,(H,16,17). The van der Waals surface area contributed by atoms with E-state index in [-0.39, 0.29) is 17.9 Å². The van der Waals surface area contributed by atoms with Crippen LogP contribution in [0.2, 0.25) is 0 Å². The van der Waals surface area contributed by atoms with Gasteiger partial charge in [-0.05, 0) is 25.8 Å². The smallest absolute Gasteiger partial charge is 0.287 e. The lowest BCUT2D eigenvalue weighted by Crippen LogP contribution is -2.27. The number of thiazole rings is 1. The maximum Gasteiger partial charge on any atom is 0.287 e. The zero-order valence-corrected chi connectivity index (χ0v) is 12.4. The number of hydrogen-bond donors (Lipinski definition) is 1. The minimum atomic E-state index is -0.186. The molecule has 0 bridgehead atoms. The first kappa shape index (κ1) is 13.8. The Labute approximate surface area is 116 Å². The van der Waals surface area contributed by atoms with Gasteiger partial charge in [-0.15, -0.1) is 11.3 Å². The van der Waals surface area contributed by atoms with Crippen molar-refractivity contribution in [1.29, 1.82) is 0 Å². The summed E-state index contributed by atoms with van der Waals surface area (Å²) in [6.07, 6.45) is 1.56. The summed E-state index contributed by atoms with van der Waals surface area (Å²) >= 11 is 1.55. The van der Waals surface area contributed by atoms with E-state index in [0.29, 0.717) is 5.76 Å². The van der Waals surface area contributed by atoms with Gasteiger partial charge in [0, 0.05) is 16.6 Å². The van der Waals surface area contributed by atoms with Crippen LogP contribution in [0.4, 0.5) is 0 Å². The van der Waals surface area contributed by atoms with Crippen LogP contribution in [0.25, 0.3) is 0 Å². The van der Waals surface area contributed by atoms with E-state index in [0.717, 1.165) is 16.3 Å². The Morgan fingerprint density at radius 3 is 2.74 bits per heavy atom. The van der Waals surface area contributed by atoms with Gasteiger partial charge in [0.2, 0.25) is 0 Å². The molecule has 0 aliphatic heterocycles. The Balaban J connectivity index is 2.10. The summed E-state index contributed by atoms with van der Waals surface area (Å²) in [6, 6.07) is 1.73. The second-order valence-electron chi connectivity index (χ2n) is 4.88. The fourth-order valence-electron chi connectivity index (χ4n) is 1.85. The summed E-state index contributed by atoms with van der Waals surface area (Å²) in [5.41, 5.74) is 1.90. The molecule has 0 aliphatic rings. The highest BCUT2D eigenvalue weighted by atomic mass is 32.1.